The number of non-ortho nitro benzene ring substituents is 1. The molecule has 0 saturated carbocycles. The fourth-order valence-corrected chi connectivity index (χ4v) is 3.71. The Morgan fingerprint density at radius 3 is 2.68 bits per heavy atom. The van der Waals surface area contributed by atoms with Crippen LogP contribution < -0.4 is 10.1 Å². The first kappa shape index (κ1) is 21.6. The number of halogens is 2. The van der Waals surface area contributed by atoms with Crippen LogP contribution in [0.15, 0.2) is 44.9 Å². The molecule has 0 aliphatic rings. The average Bonchev–Trinajstić information content (AvgIpc) is 2.63. The van der Waals surface area contributed by atoms with Gasteiger partial charge in [0.2, 0.25) is 0 Å². The maximum absolute atomic E-state index is 12.6. The van der Waals surface area contributed by atoms with Crippen molar-refractivity contribution in [2.45, 2.75) is 13.8 Å². The molecule has 2 aromatic rings. The summed E-state index contributed by atoms with van der Waals surface area (Å²) >= 11 is 6.77. The number of hydrogen-bond acceptors (Lipinski definition) is 5. The molecule has 7 nitrogen and oxygen atoms in total. The molecule has 0 radical (unpaired) electrons. The lowest BCUT2D eigenvalue weighted by molar-refractivity contribution is -0.384. The normalized spacial score (nSPS) is 10.9. The van der Waals surface area contributed by atoms with E-state index in [2.05, 4.69) is 37.2 Å². The number of nitrogens with one attached hydrogen (secondary N) is 1. The van der Waals surface area contributed by atoms with Crippen molar-refractivity contribution in [3.8, 4) is 11.8 Å². The number of amides is 1. The Hall–Kier alpha value is -2.70. The van der Waals surface area contributed by atoms with E-state index in [1.165, 1.54) is 24.3 Å². The van der Waals surface area contributed by atoms with Crippen molar-refractivity contribution in [2.24, 2.45) is 0 Å². The van der Waals surface area contributed by atoms with Crippen molar-refractivity contribution in [1.29, 1.82) is 5.26 Å². The summed E-state index contributed by atoms with van der Waals surface area (Å²) in [7, 11) is 0. The van der Waals surface area contributed by atoms with Crippen LogP contribution in [0.4, 0.5) is 11.4 Å². The van der Waals surface area contributed by atoms with Gasteiger partial charge in [-0.15, -0.1) is 0 Å². The van der Waals surface area contributed by atoms with E-state index >= 15 is 0 Å². The zero-order chi connectivity index (χ0) is 20.8. The lowest BCUT2D eigenvalue weighted by atomic mass is 10.1. The van der Waals surface area contributed by atoms with Gasteiger partial charge in [-0.25, -0.2) is 0 Å². The number of nitro benzene ring substituents is 1. The van der Waals surface area contributed by atoms with E-state index < -0.39 is 10.8 Å². The summed E-state index contributed by atoms with van der Waals surface area (Å²) in [6, 6.07) is 9.51. The van der Waals surface area contributed by atoms with Crippen molar-refractivity contribution in [3.63, 3.8) is 0 Å². The van der Waals surface area contributed by atoms with E-state index in [1.54, 1.807) is 19.1 Å². The number of carbonyl (C=O) groups excluding carboxylic acids is 1. The monoisotopic (exact) mass is 507 g/mol. The van der Waals surface area contributed by atoms with E-state index in [0.717, 1.165) is 4.47 Å². The summed E-state index contributed by atoms with van der Waals surface area (Å²) in [5.41, 5.74) is 1.11. The van der Waals surface area contributed by atoms with Crippen LogP contribution in [-0.4, -0.2) is 17.4 Å². The Balaban J connectivity index is 2.41. The van der Waals surface area contributed by atoms with E-state index in [1.807, 2.05) is 13.0 Å². The van der Waals surface area contributed by atoms with Gasteiger partial charge in [0.05, 0.1) is 21.7 Å². The Kier molecular flexibility index (Phi) is 7.31. The third kappa shape index (κ3) is 5.18. The predicted octanol–water partition coefficient (Wildman–Crippen LogP) is 5.37. The van der Waals surface area contributed by atoms with E-state index in [0.29, 0.717) is 28.0 Å². The molecule has 2 aromatic carbocycles. The second-order valence-corrected chi connectivity index (χ2v) is 7.39. The van der Waals surface area contributed by atoms with Gasteiger partial charge in [-0.3, -0.25) is 14.9 Å². The fraction of sp³-hybridized carbons (Fsp3) is 0.158. The van der Waals surface area contributed by atoms with Gasteiger partial charge in [-0.1, -0.05) is 22.0 Å². The number of carbonyl (C=O) groups is 1. The molecule has 1 N–H and O–H groups in total. The molecule has 0 heterocycles. The summed E-state index contributed by atoms with van der Waals surface area (Å²) in [6.07, 6.45) is 1.41. The molecule has 0 saturated heterocycles. The Morgan fingerprint density at radius 1 is 1.36 bits per heavy atom. The maximum atomic E-state index is 12.6. The van der Waals surface area contributed by atoms with Crippen LogP contribution >= 0.6 is 31.9 Å². The highest BCUT2D eigenvalue weighted by Gasteiger charge is 2.16. The molecule has 0 spiro atoms. The van der Waals surface area contributed by atoms with Gasteiger partial charge in [0.25, 0.3) is 11.6 Å². The van der Waals surface area contributed by atoms with Crippen molar-refractivity contribution < 1.29 is 14.5 Å². The van der Waals surface area contributed by atoms with Crippen LogP contribution in [0.5, 0.6) is 5.75 Å². The minimum Gasteiger partial charge on any atom is -0.492 e. The maximum Gasteiger partial charge on any atom is 0.271 e. The Morgan fingerprint density at radius 2 is 2.07 bits per heavy atom. The van der Waals surface area contributed by atoms with Gasteiger partial charge in [-0.2, -0.15) is 5.26 Å². The van der Waals surface area contributed by atoms with Gasteiger partial charge < -0.3 is 10.1 Å². The van der Waals surface area contributed by atoms with Crippen molar-refractivity contribution in [2.75, 3.05) is 11.9 Å². The lowest BCUT2D eigenvalue weighted by Gasteiger charge is -2.11. The summed E-state index contributed by atoms with van der Waals surface area (Å²) in [4.78, 5) is 23.0. The summed E-state index contributed by atoms with van der Waals surface area (Å²) < 4.78 is 7.01. The van der Waals surface area contributed by atoms with Crippen molar-refractivity contribution in [1.82, 2.24) is 0 Å². The predicted molar refractivity (Wildman–Crippen MR) is 113 cm³/mol. The Bertz CT molecular complexity index is 1010. The molecule has 0 fully saturated rings. The highest BCUT2D eigenvalue weighted by Crippen LogP contribution is 2.34. The van der Waals surface area contributed by atoms with Crippen LogP contribution in [0, 0.1) is 28.4 Å². The Labute approximate surface area is 178 Å². The molecule has 0 bridgehead atoms. The van der Waals surface area contributed by atoms with E-state index in [9.17, 15) is 20.2 Å². The molecule has 144 valence electrons. The topological polar surface area (TPSA) is 105 Å². The largest absolute Gasteiger partial charge is 0.492 e. The van der Waals surface area contributed by atoms with E-state index in [-0.39, 0.29) is 16.9 Å². The molecule has 0 aliphatic carbocycles. The minimum absolute atomic E-state index is 0.155. The van der Waals surface area contributed by atoms with Crippen molar-refractivity contribution in [3.05, 3.63) is 66.1 Å². The first-order valence-electron chi connectivity index (χ1n) is 8.06. The second kappa shape index (κ2) is 9.48. The number of hydrogen-bond donors (Lipinski definition) is 1. The lowest BCUT2D eigenvalue weighted by Crippen LogP contribution is -2.14. The molecule has 0 atom stereocenters. The quantitative estimate of drug-likeness (QED) is 0.244. The smallest absolute Gasteiger partial charge is 0.271 e. The number of rotatable bonds is 6. The third-order valence-electron chi connectivity index (χ3n) is 3.67. The van der Waals surface area contributed by atoms with Crippen LogP contribution in [0.1, 0.15) is 18.1 Å². The average molecular weight is 509 g/mol. The SMILES string of the molecule is CCOc1c(Br)cc(Br)cc1/C=C(\C#N)C(=O)Nc1cc([N+](=O)[O-])ccc1C. The van der Waals surface area contributed by atoms with Crippen LogP contribution in [0.25, 0.3) is 6.08 Å². The zero-order valence-corrected chi connectivity index (χ0v) is 18.1. The summed E-state index contributed by atoms with van der Waals surface area (Å²) in [6.45, 7) is 3.93. The van der Waals surface area contributed by atoms with Crippen LogP contribution in [0.2, 0.25) is 0 Å². The number of aryl methyl sites for hydroxylation is 1. The number of nitro groups is 1. The highest BCUT2D eigenvalue weighted by molar-refractivity contribution is 9.11. The van der Waals surface area contributed by atoms with Gasteiger partial charge in [0.1, 0.15) is 17.4 Å². The van der Waals surface area contributed by atoms with E-state index in [4.69, 9.17) is 4.74 Å². The standard InChI is InChI=1S/C19H15Br2N3O4/c1-3-28-18-12(7-14(20)8-16(18)21)6-13(10-22)19(25)23-17-9-15(24(26)27)5-4-11(17)2/h4-9H,3H2,1-2H3,(H,23,25)/b13-6+. The molecule has 1 amide bonds. The highest BCUT2D eigenvalue weighted by atomic mass is 79.9. The molecule has 9 heteroatoms. The second-order valence-electron chi connectivity index (χ2n) is 5.62. The van der Waals surface area contributed by atoms with Crippen LogP contribution in [0.3, 0.4) is 0 Å². The number of ether oxygens (including phenoxy) is 1. The van der Waals surface area contributed by atoms with Gasteiger partial charge in [-0.05, 0) is 53.5 Å². The molecule has 0 unspecified atom stereocenters. The molecule has 28 heavy (non-hydrogen) atoms. The molecule has 0 aromatic heterocycles. The van der Waals surface area contributed by atoms with Gasteiger partial charge in [0, 0.05) is 22.2 Å². The van der Waals surface area contributed by atoms with Gasteiger partial charge >= 0.3 is 0 Å². The number of anilines is 1. The first-order valence-corrected chi connectivity index (χ1v) is 9.65. The zero-order valence-electron chi connectivity index (χ0n) is 15.0. The van der Waals surface area contributed by atoms with Crippen LogP contribution in [-0.2, 0) is 4.79 Å². The van der Waals surface area contributed by atoms with Crippen molar-refractivity contribution >= 4 is 55.2 Å². The fourth-order valence-electron chi connectivity index (χ4n) is 2.34. The first-order chi connectivity index (χ1) is 13.3. The third-order valence-corrected chi connectivity index (χ3v) is 4.72. The number of nitrogens with zero attached hydrogens (tertiary/aromatic N) is 2. The molecular formula is C19H15Br2N3O4. The number of benzene rings is 2. The minimum atomic E-state index is -0.676. The van der Waals surface area contributed by atoms with Gasteiger partial charge in [0.15, 0.2) is 0 Å². The summed E-state index contributed by atoms with van der Waals surface area (Å²) in [5, 5.41) is 23.0. The molecule has 0 aliphatic heterocycles. The molecule has 2 rings (SSSR count). The number of nitriles is 1. The summed E-state index contributed by atoms with van der Waals surface area (Å²) in [5.74, 6) is -0.178. The molecular weight excluding hydrogens is 494 g/mol.